The molecule has 2 rings (SSSR count). The van der Waals surface area contributed by atoms with Crippen LogP contribution in [0.1, 0.15) is 11.4 Å². The van der Waals surface area contributed by atoms with E-state index in [4.69, 9.17) is 5.73 Å². The first-order valence-electron chi connectivity index (χ1n) is 6.23. The van der Waals surface area contributed by atoms with Gasteiger partial charge in [0.1, 0.15) is 5.82 Å². The van der Waals surface area contributed by atoms with Crippen LogP contribution in [0.15, 0.2) is 18.2 Å². The summed E-state index contributed by atoms with van der Waals surface area (Å²) in [5.74, 6) is 0.936. The molecule has 18 heavy (non-hydrogen) atoms. The van der Waals surface area contributed by atoms with Gasteiger partial charge in [-0.1, -0.05) is 6.07 Å². The van der Waals surface area contributed by atoms with Crippen molar-refractivity contribution in [2.24, 2.45) is 5.73 Å². The Kier molecular flexibility index (Phi) is 4.30. The van der Waals surface area contributed by atoms with Gasteiger partial charge in [0.25, 0.3) is 0 Å². The number of benzene rings is 1. The van der Waals surface area contributed by atoms with Gasteiger partial charge < -0.3 is 21.1 Å². The molecule has 0 radical (unpaired) electrons. The van der Waals surface area contributed by atoms with Gasteiger partial charge in [-0.15, -0.1) is 0 Å². The van der Waals surface area contributed by atoms with Crippen LogP contribution in [-0.2, 0) is 6.42 Å². The summed E-state index contributed by atoms with van der Waals surface area (Å²) in [5.41, 5.74) is 8.66. The summed E-state index contributed by atoms with van der Waals surface area (Å²) in [4.78, 5) is 7.60. The zero-order valence-corrected chi connectivity index (χ0v) is 10.6. The van der Waals surface area contributed by atoms with Gasteiger partial charge in [0.15, 0.2) is 0 Å². The number of aromatic amines is 1. The smallest absolute Gasteiger partial charge is 0.104 e. The molecule has 0 amide bonds. The third-order valence-corrected chi connectivity index (χ3v) is 2.91. The molecular formula is C13H20N4O. The Morgan fingerprint density at radius 1 is 1.50 bits per heavy atom. The predicted octanol–water partition coefficient (Wildman–Crippen LogP) is 0.323. The Balaban J connectivity index is 1.87. The van der Waals surface area contributed by atoms with Gasteiger partial charge in [0, 0.05) is 13.1 Å². The fourth-order valence-corrected chi connectivity index (χ4v) is 1.92. The summed E-state index contributed by atoms with van der Waals surface area (Å²) in [5, 5.41) is 12.5. The van der Waals surface area contributed by atoms with Gasteiger partial charge in [0.05, 0.1) is 17.1 Å². The number of H-pyrrole nitrogens is 1. The van der Waals surface area contributed by atoms with Crippen molar-refractivity contribution in [1.82, 2.24) is 15.3 Å². The van der Waals surface area contributed by atoms with E-state index in [1.54, 1.807) is 0 Å². The minimum absolute atomic E-state index is 0.298. The maximum atomic E-state index is 9.30. The molecule has 0 aliphatic rings. The van der Waals surface area contributed by atoms with Gasteiger partial charge in [-0.2, -0.15) is 0 Å². The molecule has 0 bridgehead atoms. The van der Waals surface area contributed by atoms with Crippen LogP contribution in [-0.4, -0.2) is 40.8 Å². The first-order valence-corrected chi connectivity index (χ1v) is 6.23. The molecule has 98 valence electrons. The minimum Gasteiger partial charge on any atom is -0.390 e. The average molecular weight is 248 g/mol. The van der Waals surface area contributed by atoms with Crippen LogP contribution in [0, 0.1) is 6.92 Å². The van der Waals surface area contributed by atoms with Crippen LogP contribution in [0.2, 0.25) is 0 Å². The standard InChI is InChI=1S/C13H20N4O/c1-9-16-12-3-2-10(6-13(12)17-9)4-5-15-8-11(18)7-14/h2-3,6,11,15,18H,4-5,7-8,14H2,1H3,(H,16,17). The summed E-state index contributed by atoms with van der Waals surface area (Å²) < 4.78 is 0. The molecule has 1 heterocycles. The van der Waals surface area contributed by atoms with Gasteiger partial charge in [-0.25, -0.2) is 4.98 Å². The normalized spacial score (nSPS) is 13.1. The molecule has 1 aromatic heterocycles. The molecule has 5 nitrogen and oxygen atoms in total. The molecule has 1 atom stereocenters. The van der Waals surface area contributed by atoms with Crippen molar-refractivity contribution in [2.45, 2.75) is 19.4 Å². The summed E-state index contributed by atoms with van der Waals surface area (Å²) in [6, 6.07) is 6.24. The topological polar surface area (TPSA) is 87.0 Å². The van der Waals surface area contributed by atoms with Crippen molar-refractivity contribution in [3.8, 4) is 0 Å². The molecule has 5 heteroatoms. The fourth-order valence-electron chi connectivity index (χ4n) is 1.92. The summed E-state index contributed by atoms with van der Waals surface area (Å²) in [6.07, 6.45) is 0.466. The lowest BCUT2D eigenvalue weighted by atomic mass is 10.1. The number of hydrogen-bond donors (Lipinski definition) is 4. The Hall–Kier alpha value is -1.43. The highest BCUT2D eigenvalue weighted by atomic mass is 16.3. The van der Waals surface area contributed by atoms with E-state index in [9.17, 15) is 5.11 Å². The van der Waals surface area contributed by atoms with Crippen molar-refractivity contribution in [2.75, 3.05) is 19.6 Å². The number of hydrogen-bond acceptors (Lipinski definition) is 4. The van der Waals surface area contributed by atoms with E-state index in [1.165, 1.54) is 5.56 Å². The first-order chi connectivity index (χ1) is 8.69. The van der Waals surface area contributed by atoms with Crippen LogP contribution >= 0.6 is 0 Å². The number of aromatic nitrogens is 2. The largest absolute Gasteiger partial charge is 0.390 e. The lowest BCUT2D eigenvalue weighted by Gasteiger charge is -2.09. The van der Waals surface area contributed by atoms with Crippen LogP contribution < -0.4 is 11.1 Å². The number of nitrogens with one attached hydrogen (secondary N) is 2. The Bertz CT molecular complexity index is 509. The van der Waals surface area contributed by atoms with Crippen molar-refractivity contribution >= 4 is 11.0 Å². The van der Waals surface area contributed by atoms with E-state index in [2.05, 4.69) is 27.4 Å². The van der Waals surface area contributed by atoms with Crippen molar-refractivity contribution in [3.05, 3.63) is 29.6 Å². The van der Waals surface area contributed by atoms with E-state index in [1.807, 2.05) is 13.0 Å². The predicted molar refractivity (Wildman–Crippen MR) is 72.5 cm³/mol. The number of aliphatic hydroxyl groups excluding tert-OH is 1. The van der Waals surface area contributed by atoms with Gasteiger partial charge in [-0.3, -0.25) is 0 Å². The van der Waals surface area contributed by atoms with E-state index in [0.29, 0.717) is 13.1 Å². The zero-order valence-electron chi connectivity index (χ0n) is 10.6. The highest BCUT2D eigenvalue weighted by Gasteiger charge is 2.02. The second-order valence-corrected chi connectivity index (χ2v) is 4.52. The molecule has 0 aliphatic heterocycles. The number of aliphatic hydroxyl groups is 1. The van der Waals surface area contributed by atoms with Gasteiger partial charge in [0.2, 0.25) is 0 Å². The van der Waals surface area contributed by atoms with E-state index >= 15 is 0 Å². The van der Waals surface area contributed by atoms with E-state index in [0.717, 1.165) is 29.8 Å². The number of aryl methyl sites for hydroxylation is 1. The lowest BCUT2D eigenvalue weighted by Crippen LogP contribution is -2.33. The molecule has 2 aromatic rings. The number of rotatable bonds is 6. The number of nitrogens with two attached hydrogens (primary N) is 1. The zero-order chi connectivity index (χ0) is 13.0. The Morgan fingerprint density at radius 2 is 2.33 bits per heavy atom. The highest BCUT2D eigenvalue weighted by Crippen LogP contribution is 2.13. The molecular weight excluding hydrogens is 228 g/mol. The molecule has 1 aromatic carbocycles. The maximum absolute atomic E-state index is 9.30. The van der Waals surface area contributed by atoms with Crippen LogP contribution in [0.25, 0.3) is 11.0 Å². The van der Waals surface area contributed by atoms with E-state index in [-0.39, 0.29) is 0 Å². The Labute approximate surface area is 106 Å². The molecule has 0 saturated carbocycles. The van der Waals surface area contributed by atoms with Crippen LogP contribution in [0.3, 0.4) is 0 Å². The molecule has 5 N–H and O–H groups in total. The fraction of sp³-hybridized carbons (Fsp3) is 0.462. The Morgan fingerprint density at radius 3 is 3.11 bits per heavy atom. The SMILES string of the molecule is Cc1nc2ccc(CCNCC(O)CN)cc2[nH]1. The highest BCUT2D eigenvalue weighted by molar-refractivity contribution is 5.75. The van der Waals surface area contributed by atoms with Gasteiger partial charge >= 0.3 is 0 Å². The second-order valence-electron chi connectivity index (χ2n) is 4.52. The van der Waals surface area contributed by atoms with E-state index < -0.39 is 6.10 Å². The summed E-state index contributed by atoms with van der Waals surface area (Å²) in [7, 11) is 0. The number of imidazole rings is 1. The van der Waals surface area contributed by atoms with Crippen molar-refractivity contribution in [3.63, 3.8) is 0 Å². The lowest BCUT2D eigenvalue weighted by molar-refractivity contribution is 0.180. The van der Waals surface area contributed by atoms with Crippen molar-refractivity contribution < 1.29 is 5.11 Å². The number of fused-ring (bicyclic) bond motifs is 1. The molecule has 0 fully saturated rings. The second kappa shape index (κ2) is 5.95. The first kappa shape index (κ1) is 13.0. The van der Waals surface area contributed by atoms with Gasteiger partial charge in [-0.05, 0) is 37.6 Å². The molecule has 0 spiro atoms. The third kappa shape index (κ3) is 3.29. The minimum atomic E-state index is -0.456. The maximum Gasteiger partial charge on any atom is 0.104 e. The molecule has 0 aliphatic carbocycles. The monoisotopic (exact) mass is 248 g/mol. The summed E-state index contributed by atoms with van der Waals surface area (Å²) in [6.45, 7) is 3.62. The molecule has 0 saturated heterocycles. The quantitative estimate of drug-likeness (QED) is 0.555. The average Bonchev–Trinajstić information content (AvgIpc) is 2.73. The van der Waals surface area contributed by atoms with Crippen molar-refractivity contribution in [1.29, 1.82) is 0 Å². The van der Waals surface area contributed by atoms with Crippen LogP contribution in [0.4, 0.5) is 0 Å². The van der Waals surface area contributed by atoms with Crippen LogP contribution in [0.5, 0.6) is 0 Å². The summed E-state index contributed by atoms with van der Waals surface area (Å²) >= 11 is 0. The third-order valence-electron chi connectivity index (χ3n) is 2.91. The molecule has 1 unspecified atom stereocenters. The number of nitrogens with zero attached hydrogens (tertiary/aromatic N) is 1.